The van der Waals surface area contributed by atoms with Crippen LogP contribution in [0.25, 0.3) is 0 Å². The summed E-state index contributed by atoms with van der Waals surface area (Å²) in [6.45, 7) is 1.98. The number of benzene rings is 1. The van der Waals surface area contributed by atoms with Gasteiger partial charge in [-0.2, -0.15) is 0 Å². The number of hydrogen-bond donors (Lipinski definition) is 0. The minimum Gasteiger partial charge on any atom is -0.439 e. The van der Waals surface area contributed by atoms with Crippen LogP contribution in [-0.2, 0) is 5.88 Å². The summed E-state index contributed by atoms with van der Waals surface area (Å²) < 4.78 is 5.68. The Morgan fingerprint density at radius 3 is 2.76 bits per heavy atom. The third kappa shape index (κ3) is 2.90. The third-order valence-electron chi connectivity index (χ3n) is 2.36. The molecule has 0 spiro atoms. The molecule has 17 heavy (non-hydrogen) atoms. The van der Waals surface area contributed by atoms with E-state index in [1.165, 1.54) is 0 Å². The number of halogens is 2. The molecule has 2 aromatic rings. The van der Waals surface area contributed by atoms with Crippen LogP contribution in [0.4, 0.5) is 0 Å². The van der Waals surface area contributed by atoms with Crippen molar-refractivity contribution in [3.05, 3.63) is 52.7 Å². The quantitative estimate of drug-likeness (QED) is 0.760. The lowest BCUT2D eigenvalue weighted by atomic mass is 10.2. The van der Waals surface area contributed by atoms with Gasteiger partial charge in [0.05, 0.1) is 5.02 Å². The van der Waals surface area contributed by atoms with E-state index in [0.717, 1.165) is 16.9 Å². The van der Waals surface area contributed by atoms with Gasteiger partial charge in [0, 0.05) is 18.1 Å². The molecular weight excluding hydrogens is 257 g/mol. The van der Waals surface area contributed by atoms with Gasteiger partial charge in [0.2, 0.25) is 5.88 Å². The molecule has 0 aliphatic carbocycles. The Morgan fingerprint density at radius 2 is 2.06 bits per heavy atom. The molecule has 0 unspecified atom stereocenters. The molecule has 0 amide bonds. The highest BCUT2D eigenvalue weighted by atomic mass is 35.5. The summed E-state index contributed by atoms with van der Waals surface area (Å²) in [4.78, 5) is 4.11. The summed E-state index contributed by atoms with van der Waals surface area (Å²) in [5, 5.41) is 0.553. The van der Waals surface area contributed by atoms with Crippen molar-refractivity contribution in [3.63, 3.8) is 0 Å². The fourth-order valence-corrected chi connectivity index (χ4v) is 1.86. The molecule has 0 aliphatic heterocycles. The molecule has 0 saturated carbocycles. The summed E-state index contributed by atoms with van der Waals surface area (Å²) in [6, 6.07) is 9.50. The van der Waals surface area contributed by atoms with Crippen LogP contribution in [-0.4, -0.2) is 4.98 Å². The van der Waals surface area contributed by atoms with E-state index in [4.69, 9.17) is 27.9 Å². The fourth-order valence-electron chi connectivity index (χ4n) is 1.40. The molecule has 1 aromatic carbocycles. The number of pyridine rings is 1. The Bertz CT molecular complexity index is 529. The van der Waals surface area contributed by atoms with Gasteiger partial charge in [-0.05, 0) is 24.1 Å². The molecule has 0 fully saturated rings. The predicted octanol–water partition coefficient (Wildman–Crippen LogP) is 4.57. The number of nitrogens with zero attached hydrogens (tertiary/aromatic N) is 1. The summed E-state index contributed by atoms with van der Waals surface area (Å²) in [6.07, 6.45) is 1.55. The van der Waals surface area contributed by atoms with E-state index in [0.29, 0.717) is 16.8 Å². The first kappa shape index (κ1) is 12.2. The Hall–Kier alpha value is -1.25. The van der Waals surface area contributed by atoms with Crippen LogP contribution in [0.2, 0.25) is 5.02 Å². The third-order valence-corrected chi connectivity index (χ3v) is 2.99. The number of ether oxygens (including phenoxy) is 1. The summed E-state index contributed by atoms with van der Waals surface area (Å²) >= 11 is 11.7. The van der Waals surface area contributed by atoms with E-state index in [1.807, 2.05) is 31.2 Å². The maximum Gasteiger partial charge on any atom is 0.219 e. The number of aryl methyl sites for hydroxylation is 1. The maximum atomic E-state index is 5.93. The predicted molar refractivity (Wildman–Crippen MR) is 70.1 cm³/mol. The molecule has 2 rings (SSSR count). The number of alkyl halides is 1. The minimum absolute atomic E-state index is 0.339. The van der Waals surface area contributed by atoms with Crippen LogP contribution >= 0.6 is 23.2 Å². The molecule has 1 heterocycles. The fraction of sp³-hybridized carbons (Fsp3) is 0.154. The van der Waals surface area contributed by atoms with Crippen molar-refractivity contribution >= 4 is 23.2 Å². The van der Waals surface area contributed by atoms with Gasteiger partial charge in [-0.1, -0.05) is 29.8 Å². The number of rotatable bonds is 3. The van der Waals surface area contributed by atoms with Gasteiger partial charge < -0.3 is 4.74 Å². The van der Waals surface area contributed by atoms with E-state index in [-0.39, 0.29) is 0 Å². The second-order valence-electron chi connectivity index (χ2n) is 3.62. The molecule has 0 N–H and O–H groups in total. The van der Waals surface area contributed by atoms with E-state index in [1.54, 1.807) is 12.3 Å². The molecular formula is C13H11Cl2NO. The summed E-state index contributed by atoms with van der Waals surface area (Å²) in [5.74, 6) is 1.62. The minimum atomic E-state index is 0.339. The zero-order valence-corrected chi connectivity index (χ0v) is 10.8. The van der Waals surface area contributed by atoms with E-state index >= 15 is 0 Å². The first-order chi connectivity index (χ1) is 8.20. The summed E-state index contributed by atoms with van der Waals surface area (Å²) in [5.41, 5.74) is 1.86. The SMILES string of the molecule is Cc1ccccc1Oc1cc(CCl)c(Cl)cn1. The lowest BCUT2D eigenvalue weighted by Gasteiger charge is -2.08. The van der Waals surface area contributed by atoms with Gasteiger partial charge in [-0.3, -0.25) is 0 Å². The van der Waals surface area contributed by atoms with Gasteiger partial charge in [0.15, 0.2) is 0 Å². The second kappa shape index (κ2) is 5.39. The maximum absolute atomic E-state index is 5.93. The average Bonchev–Trinajstić information content (AvgIpc) is 2.34. The zero-order valence-electron chi connectivity index (χ0n) is 9.28. The molecule has 0 atom stereocenters. The van der Waals surface area contributed by atoms with Crippen molar-refractivity contribution in [2.24, 2.45) is 0 Å². The molecule has 0 bridgehead atoms. The van der Waals surface area contributed by atoms with E-state index < -0.39 is 0 Å². The van der Waals surface area contributed by atoms with Gasteiger partial charge in [0.25, 0.3) is 0 Å². The van der Waals surface area contributed by atoms with Gasteiger partial charge in [-0.25, -0.2) is 4.98 Å². The van der Waals surface area contributed by atoms with Crippen molar-refractivity contribution < 1.29 is 4.74 Å². The van der Waals surface area contributed by atoms with Crippen molar-refractivity contribution in [1.29, 1.82) is 0 Å². The normalized spacial score (nSPS) is 10.3. The molecule has 1 aromatic heterocycles. The molecule has 2 nitrogen and oxygen atoms in total. The highest BCUT2D eigenvalue weighted by Crippen LogP contribution is 2.26. The van der Waals surface area contributed by atoms with Crippen molar-refractivity contribution in [1.82, 2.24) is 4.98 Å². The summed E-state index contributed by atoms with van der Waals surface area (Å²) in [7, 11) is 0. The number of para-hydroxylation sites is 1. The van der Waals surface area contributed by atoms with Crippen molar-refractivity contribution in [2.45, 2.75) is 12.8 Å². The lowest BCUT2D eigenvalue weighted by molar-refractivity contribution is 0.459. The van der Waals surface area contributed by atoms with Crippen LogP contribution in [0.5, 0.6) is 11.6 Å². The highest BCUT2D eigenvalue weighted by molar-refractivity contribution is 6.32. The molecule has 0 aliphatic rings. The highest BCUT2D eigenvalue weighted by Gasteiger charge is 2.05. The Labute approximate surface area is 110 Å². The molecule has 0 radical (unpaired) electrons. The smallest absolute Gasteiger partial charge is 0.219 e. The Balaban J connectivity index is 2.28. The van der Waals surface area contributed by atoms with Gasteiger partial charge in [0.1, 0.15) is 5.75 Å². The van der Waals surface area contributed by atoms with Crippen LogP contribution in [0.3, 0.4) is 0 Å². The Morgan fingerprint density at radius 1 is 1.29 bits per heavy atom. The van der Waals surface area contributed by atoms with Gasteiger partial charge >= 0.3 is 0 Å². The van der Waals surface area contributed by atoms with Crippen molar-refractivity contribution in [3.8, 4) is 11.6 Å². The number of hydrogen-bond acceptors (Lipinski definition) is 2. The van der Waals surface area contributed by atoms with E-state index in [2.05, 4.69) is 4.98 Å². The average molecular weight is 268 g/mol. The van der Waals surface area contributed by atoms with Crippen molar-refractivity contribution in [2.75, 3.05) is 0 Å². The molecule has 88 valence electrons. The Kier molecular flexibility index (Phi) is 3.87. The second-order valence-corrected chi connectivity index (χ2v) is 4.29. The first-order valence-electron chi connectivity index (χ1n) is 5.14. The van der Waals surface area contributed by atoms with Crippen LogP contribution < -0.4 is 4.74 Å². The standard InChI is InChI=1S/C13H11Cl2NO/c1-9-4-2-3-5-12(9)17-13-6-10(7-14)11(15)8-16-13/h2-6,8H,7H2,1H3. The monoisotopic (exact) mass is 267 g/mol. The first-order valence-corrected chi connectivity index (χ1v) is 6.06. The van der Waals surface area contributed by atoms with E-state index in [9.17, 15) is 0 Å². The zero-order chi connectivity index (χ0) is 12.3. The number of aromatic nitrogens is 1. The van der Waals surface area contributed by atoms with Crippen LogP contribution in [0.1, 0.15) is 11.1 Å². The lowest BCUT2D eigenvalue weighted by Crippen LogP contribution is -1.92. The molecule has 0 saturated heterocycles. The topological polar surface area (TPSA) is 22.1 Å². The van der Waals surface area contributed by atoms with Crippen LogP contribution in [0, 0.1) is 6.92 Å². The van der Waals surface area contributed by atoms with Crippen LogP contribution in [0.15, 0.2) is 36.5 Å². The molecule has 4 heteroatoms. The van der Waals surface area contributed by atoms with Gasteiger partial charge in [-0.15, -0.1) is 11.6 Å². The largest absolute Gasteiger partial charge is 0.439 e.